The standard InChI is InChI=1S/C33H43N3O5/c1-7-34-30-23-31(39-6)32(40-21-18-36(16-19-37)17-20-38)22-29(30)24(2)41-28-14-12-27(13-15-28)35-26-10-8-25(9-11-26)33(3,4)5/h7-15,22-23,35,37-38H,2,16-21H2,1,3-6H3. The molecule has 3 aromatic carbocycles. The number of nitrogens with one attached hydrogen (secondary N) is 1. The third-order valence-corrected chi connectivity index (χ3v) is 6.48. The molecule has 0 saturated carbocycles. The van der Waals surface area contributed by atoms with Crippen molar-refractivity contribution >= 4 is 29.0 Å². The molecule has 0 heterocycles. The summed E-state index contributed by atoms with van der Waals surface area (Å²) in [5, 5.41) is 21.9. The molecule has 0 unspecified atom stereocenters. The van der Waals surface area contributed by atoms with Gasteiger partial charge in [-0.15, -0.1) is 0 Å². The van der Waals surface area contributed by atoms with Gasteiger partial charge in [0.1, 0.15) is 18.1 Å². The van der Waals surface area contributed by atoms with E-state index in [0.717, 1.165) is 11.4 Å². The van der Waals surface area contributed by atoms with Gasteiger partial charge in [0.05, 0.1) is 26.0 Å². The van der Waals surface area contributed by atoms with Gasteiger partial charge in [0.25, 0.3) is 0 Å². The van der Waals surface area contributed by atoms with Crippen molar-refractivity contribution in [3.05, 3.63) is 78.4 Å². The largest absolute Gasteiger partial charge is 0.493 e. The molecule has 3 aromatic rings. The molecule has 41 heavy (non-hydrogen) atoms. The second kappa shape index (κ2) is 15.2. The van der Waals surface area contributed by atoms with E-state index in [0.29, 0.717) is 60.5 Å². The van der Waals surface area contributed by atoms with Crippen LogP contribution in [-0.4, -0.2) is 67.9 Å². The van der Waals surface area contributed by atoms with Gasteiger partial charge in [-0.25, -0.2) is 0 Å². The van der Waals surface area contributed by atoms with E-state index in [2.05, 4.69) is 61.9 Å². The molecule has 8 heteroatoms. The third kappa shape index (κ3) is 9.35. The van der Waals surface area contributed by atoms with Gasteiger partial charge in [-0.2, -0.15) is 0 Å². The van der Waals surface area contributed by atoms with Gasteiger partial charge in [-0.05, 0) is 60.4 Å². The zero-order valence-electron chi connectivity index (χ0n) is 24.8. The first-order valence-corrected chi connectivity index (χ1v) is 13.8. The highest BCUT2D eigenvalue weighted by Gasteiger charge is 2.16. The van der Waals surface area contributed by atoms with Crippen LogP contribution in [0.1, 0.15) is 38.8 Å². The van der Waals surface area contributed by atoms with Crippen molar-refractivity contribution in [3.63, 3.8) is 0 Å². The average Bonchev–Trinajstić information content (AvgIpc) is 2.94. The zero-order chi connectivity index (χ0) is 29.8. The molecular weight excluding hydrogens is 518 g/mol. The SMILES string of the molecule is C=C(Oc1ccc(Nc2ccc(C(C)(C)C)cc2)cc1)c1cc(OCCN(CCO)CCO)c(OC)cc1N=CC. The molecule has 3 N–H and O–H groups in total. The number of rotatable bonds is 15. The normalized spacial score (nSPS) is 11.6. The molecule has 0 aliphatic heterocycles. The second-order valence-corrected chi connectivity index (χ2v) is 10.5. The summed E-state index contributed by atoms with van der Waals surface area (Å²) in [5.74, 6) is 2.10. The Morgan fingerprint density at radius 2 is 1.54 bits per heavy atom. The zero-order valence-corrected chi connectivity index (χ0v) is 24.8. The summed E-state index contributed by atoms with van der Waals surface area (Å²) in [5.41, 5.74) is 4.66. The van der Waals surface area contributed by atoms with Gasteiger partial charge in [-0.1, -0.05) is 39.5 Å². The lowest BCUT2D eigenvalue weighted by molar-refractivity contribution is 0.140. The van der Waals surface area contributed by atoms with Crippen molar-refractivity contribution < 1.29 is 24.4 Å². The van der Waals surface area contributed by atoms with Gasteiger partial charge >= 0.3 is 0 Å². The van der Waals surface area contributed by atoms with Crippen LogP contribution in [0.3, 0.4) is 0 Å². The van der Waals surface area contributed by atoms with Gasteiger partial charge in [0, 0.05) is 48.9 Å². The summed E-state index contributed by atoms with van der Waals surface area (Å²) in [4.78, 5) is 6.40. The van der Waals surface area contributed by atoms with Crippen LogP contribution < -0.4 is 19.5 Å². The predicted octanol–water partition coefficient (Wildman–Crippen LogP) is 6.17. The average molecular weight is 562 g/mol. The van der Waals surface area contributed by atoms with Crippen LogP contribution in [0.5, 0.6) is 17.2 Å². The minimum absolute atomic E-state index is 0.00986. The van der Waals surface area contributed by atoms with Crippen molar-refractivity contribution in [2.24, 2.45) is 4.99 Å². The highest BCUT2D eigenvalue weighted by atomic mass is 16.5. The van der Waals surface area contributed by atoms with Crippen molar-refractivity contribution in [1.82, 2.24) is 4.90 Å². The van der Waals surface area contributed by atoms with Crippen LogP contribution in [0.2, 0.25) is 0 Å². The Kier molecular flexibility index (Phi) is 11.8. The van der Waals surface area contributed by atoms with E-state index in [4.69, 9.17) is 14.2 Å². The van der Waals surface area contributed by atoms with E-state index >= 15 is 0 Å². The maximum absolute atomic E-state index is 9.25. The number of methoxy groups -OCH3 is 1. The van der Waals surface area contributed by atoms with E-state index in [1.54, 1.807) is 19.4 Å². The van der Waals surface area contributed by atoms with Gasteiger partial charge < -0.3 is 29.7 Å². The van der Waals surface area contributed by atoms with Gasteiger partial charge in [0.15, 0.2) is 11.5 Å². The Bertz CT molecular complexity index is 1280. The summed E-state index contributed by atoms with van der Waals surface area (Å²) in [6, 6.07) is 19.7. The number of aliphatic hydroxyl groups is 2. The molecule has 0 spiro atoms. The smallest absolute Gasteiger partial charge is 0.162 e. The molecule has 0 aromatic heterocycles. The fourth-order valence-corrected chi connectivity index (χ4v) is 4.22. The van der Waals surface area contributed by atoms with E-state index in [1.807, 2.05) is 42.2 Å². The number of aliphatic imine (C=N–C) groups is 1. The molecule has 3 rings (SSSR count). The number of aliphatic hydroxyl groups excluding tert-OH is 2. The number of hydrogen-bond acceptors (Lipinski definition) is 8. The number of hydrogen-bond donors (Lipinski definition) is 3. The number of nitrogens with zero attached hydrogens (tertiary/aromatic N) is 2. The lowest BCUT2D eigenvalue weighted by atomic mass is 9.87. The summed E-state index contributed by atoms with van der Waals surface area (Å²) < 4.78 is 17.7. The number of benzene rings is 3. The molecule has 0 fully saturated rings. The quantitative estimate of drug-likeness (QED) is 0.151. The number of anilines is 2. The fraction of sp³-hybridized carbons (Fsp3) is 0.364. The monoisotopic (exact) mass is 561 g/mol. The van der Waals surface area contributed by atoms with Gasteiger partial charge in [0.2, 0.25) is 0 Å². The van der Waals surface area contributed by atoms with E-state index in [-0.39, 0.29) is 18.6 Å². The van der Waals surface area contributed by atoms with Crippen molar-refractivity contribution in [3.8, 4) is 17.2 Å². The van der Waals surface area contributed by atoms with Crippen LogP contribution in [0.25, 0.3) is 5.76 Å². The van der Waals surface area contributed by atoms with Crippen LogP contribution in [0.15, 0.2) is 72.2 Å². The molecule has 0 bridgehead atoms. The fourth-order valence-electron chi connectivity index (χ4n) is 4.22. The molecule has 0 radical (unpaired) electrons. The Morgan fingerprint density at radius 1 is 0.927 bits per heavy atom. The minimum atomic E-state index is 0.00986. The summed E-state index contributed by atoms with van der Waals surface area (Å²) >= 11 is 0. The Hall–Kier alpha value is -3.85. The molecule has 0 saturated heterocycles. The Balaban J connectivity index is 1.72. The molecule has 0 atom stereocenters. The first-order chi connectivity index (χ1) is 19.7. The second-order valence-electron chi connectivity index (χ2n) is 10.5. The first-order valence-electron chi connectivity index (χ1n) is 13.8. The molecule has 0 amide bonds. The van der Waals surface area contributed by atoms with Crippen LogP contribution in [-0.2, 0) is 5.41 Å². The Morgan fingerprint density at radius 3 is 2.07 bits per heavy atom. The molecule has 0 aliphatic carbocycles. The highest BCUT2D eigenvalue weighted by Crippen LogP contribution is 2.38. The van der Waals surface area contributed by atoms with Crippen LogP contribution in [0, 0.1) is 0 Å². The predicted molar refractivity (Wildman–Crippen MR) is 167 cm³/mol. The van der Waals surface area contributed by atoms with Crippen LogP contribution in [0.4, 0.5) is 17.1 Å². The Labute approximate surface area is 243 Å². The first kappa shape index (κ1) is 31.7. The summed E-state index contributed by atoms with van der Waals surface area (Å²) in [6.07, 6.45) is 1.70. The molecule has 8 nitrogen and oxygen atoms in total. The van der Waals surface area contributed by atoms with E-state index < -0.39 is 0 Å². The minimum Gasteiger partial charge on any atom is -0.493 e. The van der Waals surface area contributed by atoms with Crippen molar-refractivity contribution in [1.29, 1.82) is 0 Å². The van der Waals surface area contributed by atoms with Gasteiger partial charge in [-0.3, -0.25) is 9.89 Å². The van der Waals surface area contributed by atoms with E-state index in [1.165, 1.54) is 5.56 Å². The summed E-state index contributed by atoms with van der Waals surface area (Å²) in [7, 11) is 1.57. The van der Waals surface area contributed by atoms with Crippen molar-refractivity contribution in [2.45, 2.75) is 33.1 Å². The van der Waals surface area contributed by atoms with Crippen LogP contribution >= 0.6 is 0 Å². The van der Waals surface area contributed by atoms with Crippen molar-refractivity contribution in [2.75, 3.05) is 51.9 Å². The molecular formula is C33H43N3O5. The lowest BCUT2D eigenvalue weighted by Crippen LogP contribution is -2.33. The molecule has 0 aliphatic rings. The highest BCUT2D eigenvalue weighted by molar-refractivity contribution is 5.77. The molecule has 220 valence electrons. The topological polar surface area (TPSA) is 95.8 Å². The maximum atomic E-state index is 9.25. The van der Waals surface area contributed by atoms with E-state index in [9.17, 15) is 10.2 Å². The maximum Gasteiger partial charge on any atom is 0.162 e. The third-order valence-electron chi connectivity index (χ3n) is 6.48. The number of ether oxygens (including phenoxy) is 3. The summed E-state index contributed by atoms with van der Waals surface area (Å²) in [6.45, 7) is 14.4. The lowest BCUT2D eigenvalue weighted by Gasteiger charge is -2.21.